The van der Waals surface area contributed by atoms with Crippen LogP contribution in [-0.4, -0.2) is 62.1 Å². The average molecular weight is 402 g/mol. The minimum atomic E-state index is 0.0517. The average Bonchev–Trinajstić information content (AvgIpc) is 3.18. The lowest BCUT2D eigenvalue weighted by Crippen LogP contribution is -2.65. The molecule has 2 fully saturated rings. The molecule has 0 saturated carbocycles. The normalized spacial score (nSPS) is 21.2. The number of piperidine rings is 1. The van der Waals surface area contributed by atoms with Crippen molar-refractivity contribution in [3.05, 3.63) is 47.0 Å². The van der Waals surface area contributed by atoms with Crippen LogP contribution in [0.2, 0.25) is 5.02 Å². The SMILES string of the molecule is Cc1cc(C(=O)N2CC[C@H]3[C@@H](C2)CN3C(=O)CCCn2cncn2)ccc1Cl. The van der Waals surface area contributed by atoms with Gasteiger partial charge in [-0.3, -0.25) is 14.3 Å². The van der Waals surface area contributed by atoms with E-state index < -0.39 is 0 Å². The van der Waals surface area contributed by atoms with Gasteiger partial charge >= 0.3 is 0 Å². The number of aromatic nitrogens is 3. The molecule has 0 aliphatic carbocycles. The Morgan fingerprint density at radius 1 is 1.29 bits per heavy atom. The second-order valence-corrected chi connectivity index (χ2v) is 8.05. The van der Waals surface area contributed by atoms with Crippen molar-refractivity contribution >= 4 is 23.4 Å². The summed E-state index contributed by atoms with van der Waals surface area (Å²) in [5.41, 5.74) is 1.59. The molecule has 1 aromatic heterocycles. The fourth-order valence-electron chi connectivity index (χ4n) is 4.18. The Morgan fingerprint density at radius 3 is 2.86 bits per heavy atom. The predicted molar refractivity (Wildman–Crippen MR) is 105 cm³/mol. The summed E-state index contributed by atoms with van der Waals surface area (Å²) in [6, 6.07) is 5.69. The lowest BCUT2D eigenvalue weighted by molar-refractivity contribution is -0.147. The lowest BCUT2D eigenvalue weighted by atomic mass is 9.82. The maximum Gasteiger partial charge on any atom is 0.253 e. The van der Waals surface area contributed by atoms with Crippen LogP contribution in [0.1, 0.15) is 35.2 Å². The number of hydrogen-bond acceptors (Lipinski definition) is 4. The second-order valence-electron chi connectivity index (χ2n) is 7.64. The fourth-order valence-corrected chi connectivity index (χ4v) is 4.29. The smallest absolute Gasteiger partial charge is 0.253 e. The first-order valence-electron chi connectivity index (χ1n) is 9.70. The standard InChI is InChI=1S/C20H24ClN5O2/c1-14-9-15(4-5-17(14)21)20(28)24-8-6-18-16(10-24)11-26(18)19(27)3-2-7-25-13-22-12-23-25/h4-5,9,12-13,16,18H,2-3,6-8,10-11H2,1H3/t16-,18-/m0/s1. The third-order valence-corrected chi connectivity index (χ3v) is 6.21. The zero-order chi connectivity index (χ0) is 19.7. The summed E-state index contributed by atoms with van der Waals surface area (Å²) in [4.78, 5) is 33.1. The molecule has 2 aliphatic rings. The highest BCUT2D eigenvalue weighted by Crippen LogP contribution is 2.33. The first-order chi connectivity index (χ1) is 13.5. The van der Waals surface area contributed by atoms with Gasteiger partial charge < -0.3 is 9.80 Å². The zero-order valence-corrected chi connectivity index (χ0v) is 16.7. The van der Waals surface area contributed by atoms with E-state index in [2.05, 4.69) is 10.1 Å². The number of carbonyl (C=O) groups is 2. The van der Waals surface area contributed by atoms with E-state index in [1.807, 2.05) is 22.8 Å². The molecular formula is C20H24ClN5O2. The Labute approximate surface area is 169 Å². The van der Waals surface area contributed by atoms with Crippen LogP contribution < -0.4 is 0 Å². The topological polar surface area (TPSA) is 71.3 Å². The van der Waals surface area contributed by atoms with Crippen LogP contribution in [0.5, 0.6) is 0 Å². The van der Waals surface area contributed by atoms with Gasteiger partial charge in [-0.15, -0.1) is 0 Å². The van der Waals surface area contributed by atoms with Gasteiger partial charge in [-0.25, -0.2) is 4.98 Å². The zero-order valence-electron chi connectivity index (χ0n) is 15.9. The monoisotopic (exact) mass is 401 g/mol. The van der Waals surface area contributed by atoms with Crippen molar-refractivity contribution in [2.45, 2.75) is 38.8 Å². The molecule has 1 aromatic carbocycles. The van der Waals surface area contributed by atoms with Gasteiger partial charge in [0.15, 0.2) is 0 Å². The molecule has 7 nitrogen and oxygen atoms in total. The summed E-state index contributed by atoms with van der Waals surface area (Å²) in [5, 5.41) is 4.73. The van der Waals surface area contributed by atoms with Crippen molar-refractivity contribution in [2.75, 3.05) is 19.6 Å². The van der Waals surface area contributed by atoms with Crippen molar-refractivity contribution < 1.29 is 9.59 Å². The largest absolute Gasteiger partial charge is 0.339 e. The molecule has 2 saturated heterocycles. The number of fused-ring (bicyclic) bond motifs is 1. The van der Waals surface area contributed by atoms with Crippen LogP contribution >= 0.6 is 11.6 Å². The molecule has 0 unspecified atom stereocenters. The van der Waals surface area contributed by atoms with E-state index >= 15 is 0 Å². The highest BCUT2D eigenvalue weighted by molar-refractivity contribution is 6.31. The van der Waals surface area contributed by atoms with Crippen LogP contribution in [0.15, 0.2) is 30.9 Å². The number of likely N-dealkylation sites (tertiary alicyclic amines) is 2. The molecule has 0 bridgehead atoms. The molecule has 2 aliphatic heterocycles. The molecule has 148 valence electrons. The Morgan fingerprint density at radius 2 is 2.14 bits per heavy atom. The van der Waals surface area contributed by atoms with Crippen molar-refractivity contribution in [2.24, 2.45) is 5.92 Å². The Balaban J connectivity index is 1.27. The van der Waals surface area contributed by atoms with E-state index in [1.54, 1.807) is 23.1 Å². The Bertz CT molecular complexity index is 869. The number of halogens is 1. The van der Waals surface area contributed by atoms with Gasteiger partial charge in [0.1, 0.15) is 12.7 Å². The van der Waals surface area contributed by atoms with E-state index in [1.165, 1.54) is 6.33 Å². The van der Waals surface area contributed by atoms with Gasteiger partial charge in [0, 0.05) is 55.1 Å². The number of rotatable bonds is 5. The number of nitrogens with zero attached hydrogens (tertiary/aromatic N) is 5. The predicted octanol–water partition coefficient (Wildman–Crippen LogP) is 2.39. The van der Waals surface area contributed by atoms with E-state index in [0.29, 0.717) is 42.6 Å². The summed E-state index contributed by atoms with van der Waals surface area (Å²) in [5.74, 6) is 0.635. The highest BCUT2D eigenvalue weighted by Gasteiger charge is 2.45. The third-order valence-electron chi connectivity index (χ3n) is 5.78. The number of benzene rings is 1. The van der Waals surface area contributed by atoms with E-state index in [-0.39, 0.29) is 17.9 Å². The lowest BCUT2D eigenvalue weighted by Gasteiger charge is -2.53. The Kier molecular flexibility index (Phi) is 5.35. The first kappa shape index (κ1) is 18.9. The van der Waals surface area contributed by atoms with Gasteiger partial charge in [0.05, 0.1) is 0 Å². The van der Waals surface area contributed by atoms with Gasteiger partial charge in [-0.2, -0.15) is 5.10 Å². The van der Waals surface area contributed by atoms with Crippen LogP contribution in [0, 0.1) is 12.8 Å². The van der Waals surface area contributed by atoms with Crippen molar-refractivity contribution in [1.29, 1.82) is 0 Å². The van der Waals surface area contributed by atoms with E-state index in [0.717, 1.165) is 24.9 Å². The molecule has 2 atom stereocenters. The molecule has 2 amide bonds. The molecule has 2 aromatic rings. The summed E-state index contributed by atoms with van der Waals surface area (Å²) in [6.45, 7) is 4.76. The van der Waals surface area contributed by atoms with E-state index in [4.69, 9.17) is 11.6 Å². The third kappa shape index (κ3) is 3.76. The number of hydrogen-bond donors (Lipinski definition) is 0. The quantitative estimate of drug-likeness (QED) is 0.771. The minimum absolute atomic E-state index is 0.0517. The van der Waals surface area contributed by atoms with Crippen LogP contribution in [0.3, 0.4) is 0 Å². The first-order valence-corrected chi connectivity index (χ1v) is 10.1. The fraction of sp³-hybridized carbons (Fsp3) is 0.500. The minimum Gasteiger partial charge on any atom is -0.339 e. The maximum absolute atomic E-state index is 12.8. The van der Waals surface area contributed by atoms with Gasteiger partial charge in [0.25, 0.3) is 5.91 Å². The van der Waals surface area contributed by atoms with Gasteiger partial charge in [-0.05, 0) is 43.5 Å². The summed E-state index contributed by atoms with van der Waals surface area (Å²) in [6.07, 6.45) is 5.30. The maximum atomic E-state index is 12.8. The van der Waals surface area contributed by atoms with Crippen LogP contribution in [-0.2, 0) is 11.3 Å². The molecule has 8 heteroatoms. The van der Waals surface area contributed by atoms with Crippen molar-refractivity contribution in [3.8, 4) is 0 Å². The van der Waals surface area contributed by atoms with Crippen molar-refractivity contribution in [3.63, 3.8) is 0 Å². The summed E-state index contributed by atoms with van der Waals surface area (Å²) < 4.78 is 1.74. The van der Waals surface area contributed by atoms with Crippen LogP contribution in [0.4, 0.5) is 0 Å². The highest BCUT2D eigenvalue weighted by atomic mass is 35.5. The molecule has 0 N–H and O–H groups in total. The Hall–Kier alpha value is -2.41. The van der Waals surface area contributed by atoms with Gasteiger partial charge in [0.2, 0.25) is 5.91 Å². The summed E-state index contributed by atoms with van der Waals surface area (Å²) >= 11 is 6.06. The molecule has 3 heterocycles. The van der Waals surface area contributed by atoms with Gasteiger partial charge in [-0.1, -0.05) is 11.6 Å². The molecular weight excluding hydrogens is 378 g/mol. The van der Waals surface area contributed by atoms with Crippen molar-refractivity contribution in [1.82, 2.24) is 24.6 Å². The second kappa shape index (κ2) is 7.91. The molecule has 0 spiro atoms. The summed E-state index contributed by atoms with van der Waals surface area (Å²) in [7, 11) is 0. The molecule has 0 radical (unpaired) electrons. The number of amides is 2. The number of carbonyl (C=O) groups excluding carboxylic acids is 2. The molecule has 28 heavy (non-hydrogen) atoms. The van der Waals surface area contributed by atoms with Crippen LogP contribution in [0.25, 0.3) is 0 Å². The van der Waals surface area contributed by atoms with E-state index in [9.17, 15) is 9.59 Å². The number of aryl methyl sites for hydroxylation is 2. The molecule has 4 rings (SSSR count).